The van der Waals surface area contributed by atoms with Crippen molar-refractivity contribution in [3.63, 3.8) is 0 Å². The first kappa shape index (κ1) is 21.6. The van der Waals surface area contributed by atoms with Crippen LogP contribution < -0.4 is 4.72 Å². The molecule has 156 valence electrons. The van der Waals surface area contributed by atoms with Crippen molar-refractivity contribution in [3.8, 4) is 0 Å². The fourth-order valence-electron chi connectivity index (χ4n) is 3.05. The summed E-state index contributed by atoms with van der Waals surface area (Å²) in [6.45, 7) is 0.286. The third kappa shape index (κ3) is 5.49. The molecule has 2 aromatic carbocycles. The van der Waals surface area contributed by atoms with E-state index in [-0.39, 0.29) is 13.0 Å². The van der Waals surface area contributed by atoms with Crippen LogP contribution in [0.3, 0.4) is 0 Å². The van der Waals surface area contributed by atoms with Gasteiger partial charge in [-0.1, -0.05) is 42.5 Å². The Morgan fingerprint density at radius 3 is 2.30 bits per heavy atom. The minimum atomic E-state index is -4.24. The molecule has 0 fully saturated rings. The number of hydrogen-bond donors (Lipinski definition) is 1. The molecule has 3 aromatic rings. The molecule has 30 heavy (non-hydrogen) atoms. The second-order valence-corrected chi connectivity index (χ2v) is 8.53. The van der Waals surface area contributed by atoms with Crippen molar-refractivity contribution in [1.29, 1.82) is 0 Å². The van der Waals surface area contributed by atoms with Crippen LogP contribution in [0.5, 0.6) is 0 Å². The topological polar surface area (TPSA) is 79.4 Å². The number of carbonyl (C=O) groups excluding carboxylic acids is 1. The van der Waals surface area contributed by atoms with Crippen molar-refractivity contribution in [2.75, 3.05) is 7.05 Å². The lowest BCUT2D eigenvalue weighted by atomic mass is 10.1. The molecule has 8 heteroatoms. The molecule has 0 saturated heterocycles. The first-order valence-corrected chi connectivity index (χ1v) is 10.8. The van der Waals surface area contributed by atoms with E-state index in [1.807, 2.05) is 18.2 Å². The van der Waals surface area contributed by atoms with Gasteiger partial charge in [0.15, 0.2) is 0 Å². The SMILES string of the molecule is CN(Cc1ccncc1)C(=O)C(Cc1ccccc1)NS(=O)(=O)c1ccccc1F. The third-order valence-electron chi connectivity index (χ3n) is 4.55. The van der Waals surface area contributed by atoms with E-state index in [1.165, 1.54) is 23.1 Å². The number of aromatic nitrogens is 1. The zero-order chi connectivity index (χ0) is 21.6. The monoisotopic (exact) mass is 427 g/mol. The lowest BCUT2D eigenvalue weighted by molar-refractivity contribution is -0.132. The van der Waals surface area contributed by atoms with Gasteiger partial charge >= 0.3 is 0 Å². The average Bonchev–Trinajstić information content (AvgIpc) is 2.74. The van der Waals surface area contributed by atoms with E-state index in [2.05, 4.69) is 9.71 Å². The van der Waals surface area contributed by atoms with Gasteiger partial charge in [0, 0.05) is 26.0 Å². The van der Waals surface area contributed by atoms with Crippen molar-refractivity contribution in [3.05, 3.63) is 96.1 Å². The fraction of sp³-hybridized carbons (Fsp3) is 0.182. The maximum atomic E-state index is 14.1. The van der Waals surface area contributed by atoms with E-state index in [4.69, 9.17) is 0 Å². The zero-order valence-electron chi connectivity index (χ0n) is 16.4. The Hall–Kier alpha value is -3.10. The number of amides is 1. The molecule has 1 aromatic heterocycles. The second-order valence-electron chi connectivity index (χ2n) is 6.84. The Morgan fingerprint density at radius 1 is 1.00 bits per heavy atom. The number of hydrogen-bond acceptors (Lipinski definition) is 4. The van der Waals surface area contributed by atoms with E-state index in [9.17, 15) is 17.6 Å². The minimum absolute atomic E-state index is 0.133. The standard InChI is InChI=1S/C22H22FN3O3S/c1-26(16-18-11-13-24-14-12-18)22(27)20(15-17-7-3-2-4-8-17)25-30(28,29)21-10-6-5-9-19(21)23/h2-14,20,25H,15-16H2,1H3. The predicted octanol–water partition coefficient (Wildman–Crippen LogP) is 2.77. The number of rotatable bonds is 8. The summed E-state index contributed by atoms with van der Waals surface area (Å²) >= 11 is 0. The van der Waals surface area contributed by atoms with Crippen LogP contribution >= 0.6 is 0 Å². The van der Waals surface area contributed by atoms with Gasteiger partial charge in [-0.3, -0.25) is 9.78 Å². The zero-order valence-corrected chi connectivity index (χ0v) is 17.2. The summed E-state index contributed by atoms with van der Waals surface area (Å²) in [5.41, 5.74) is 1.64. The van der Waals surface area contributed by atoms with Gasteiger partial charge in [0.2, 0.25) is 15.9 Å². The molecule has 1 heterocycles. The van der Waals surface area contributed by atoms with Crippen molar-refractivity contribution < 1.29 is 17.6 Å². The van der Waals surface area contributed by atoms with E-state index >= 15 is 0 Å². The molecule has 6 nitrogen and oxygen atoms in total. The first-order valence-electron chi connectivity index (χ1n) is 9.31. The van der Waals surface area contributed by atoms with Crippen LogP contribution in [0.25, 0.3) is 0 Å². The predicted molar refractivity (Wildman–Crippen MR) is 111 cm³/mol. The molecule has 0 aliphatic rings. The lowest BCUT2D eigenvalue weighted by Crippen LogP contribution is -2.48. The van der Waals surface area contributed by atoms with Gasteiger partial charge in [0.1, 0.15) is 16.8 Å². The maximum Gasteiger partial charge on any atom is 0.244 e. The van der Waals surface area contributed by atoms with Gasteiger partial charge < -0.3 is 4.90 Å². The molecule has 0 aliphatic heterocycles. The second kappa shape index (κ2) is 9.60. The van der Waals surface area contributed by atoms with Crippen molar-refractivity contribution in [2.24, 2.45) is 0 Å². The highest BCUT2D eigenvalue weighted by atomic mass is 32.2. The van der Waals surface area contributed by atoms with Crippen molar-refractivity contribution in [2.45, 2.75) is 23.9 Å². The molecular formula is C22H22FN3O3S. The summed E-state index contributed by atoms with van der Waals surface area (Å²) in [5, 5.41) is 0. The molecule has 0 spiro atoms. The number of pyridine rings is 1. The number of halogens is 1. The van der Waals surface area contributed by atoms with E-state index < -0.39 is 32.7 Å². The number of likely N-dealkylation sites (N-methyl/N-ethyl adjacent to an activating group) is 1. The van der Waals surface area contributed by atoms with E-state index in [0.717, 1.165) is 17.2 Å². The average molecular weight is 428 g/mol. The summed E-state index contributed by atoms with van der Waals surface area (Å²) in [5.74, 6) is -1.29. The van der Waals surface area contributed by atoms with Crippen LogP contribution in [0.4, 0.5) is 4.39 Å². The number of nitrogens with zero attached hydrogens (tertiary/aromatic N) is 2. The molecule has 1 N–H and O–H groups in total. The summed E-state index contributed by atoms with van der Waals surface area (Å²) in [7, 11) is -2.65. The minimum Gasteiger partial charge on any atom is -0.340 e. The van der Waals surface area contributed by atoms with E-state index in [1.54, 1.807) is 43.7 Å². The van der Waals surface area contributed by atoms with Crippen LogP contribution in [0.15, 0.2) is 84.0 Å². The van der Waals surface area contributed by atoms with Gasteiger partial charge in [0.05, 0.1) is 0 Å². The number of carbonyl (C=O) groups is 1. The summed E-state index contributed by atoms with van der Waals surface area (Å²) in [6, 6.07) is 16.6. The number of sulfonamides is 1. The highest BCUT2D eigenvalue weighted by molar-refractivity contribution is 7.89. The maximum absolute atomic E-state index is 14.1. The molecule has 0 saturated carbocycles. The summed E-state index contributed by atoms with van der Waals surface area (Å²) in [6.07, 6.45) is 3.38. The molecule has 1 unspecified atom stereocenters. The highest BCUT2D eigenvalue weighted by Gasteiger charge is 2.29. The van der Waals surface area contributed by atoms with Gasteiger partial charge in [-0.05, 0) is 41.8 Å². The third-order valence-corrected chi connectivity index (χ3v) is 6.05. The quantitative estimate of drug-likeness (QED) is 0.600. The van der Waals surface area contributed by atoms with Crippen molar-refractivity contribution in [1.82, 2.24) is 14.6 Å². The van der Waals surface area contributed by atoms with Gasteiger partial charge in [-0.15, -0.1) is 0 Å². The Balaban J connectivity index is 1.86. The van der Waals surface area contributed by atoms with E-state index in [0.29, 0.717) is 0 Å². The van der Waals surface area contributed by atoms with Crippen LogP contribution in [0.2, 0.25) is 0 Å². The number of nitrogens with one attached hydrogen (secondary N) is 1. The van der Waals surface area contributed by atoms with Crippen molar-refractivity contribution >= 4 is 15.9 Å². The Labute approximate surface area is 175 Å². The largest absolute Gasteiger partial charge is 0.340 e. The molecular weight excluding hydrogens is 405 g/mol. The Bertz CT molecular complexity index is 1090. The van der Waals surface area contributed by atoms with Crippen LogP contribution in [-0.4, -0.2) is 37.3 Å². The smallest absolute Gasteiger partial charge is 0.244 e. The van der Waals surface area contributed by atoms with Crippen LogP contribution in [-0.2, 0) is 27.8 Å². The van der Waals surface area contributed by atoms with Crippen LogP contribution in [0.1, 0.15) is 11.1 Å². The summed E-state index contributed by atoms with van der Waals surface area (Å²) in [4.78, 5) is 18.0. The Morgan fingerprint density at radius 2 is 1.63 bits per heavy atom. The highest BCUT2D eigenvalue weighted by Crippen LogP contribution is 2.16. The summed E-state index contributed by atoms with van der Waals surface area (Å²) < 4.78 is 42.1. The van der Waals surface area contributed by atoms with Gasteiger partial charge in [-0.25, -0.2) is 12.8 Å². The molecule has 3 rings (SSSR count). The molecule has 0 aliphatic carbocycles. The Kier molecular flexibility index (Phi) is 6.91. The molecule has 0 radical (unpaired) electrons. The van der Waals surface area contributed by atoms with Gasteiger partial charge in [-0.2, -0.15) is 4.72 Å². The molecule has 1 amide bonds. The molecule has 1 atom stereocenters. The molecule has 0 bridgehead atoms. The number of benzene rings is 2. The lowest BCUT2D eigenvalue weighted by Gasteiger charge is -2.25. The normalized spacial score (nSPS) is 12.3. The van der Waals surface area contributed by atoms with Crippen LogP contribution in [0, 0.1) is 5.82 Å². The first-order chi connectivity index (χ1) is 14.4. The van der Waals surface area contributed by atoms with Gasteiger partial charge in [0.25, 0.3) is 0 Å². The fourth-order valence-corrected chi connectivity index (χ4v) is 4.32.